The molecule has 0 radical (unpaired) electrons. The fraction of sp³-hybridized carbons (Fsp3) is 0.412. The zero-order valence-corrected chi connectivity index (χ0v) is 24.7. The molecule has 2 aliphatic heterocycles. The Balaban J connectivity index is 1.28. The molecule has 4 unspecified atom stereocenters. The Labute approximate surface area is 257 Å². The van der Waals surface area contributed by atoms with Crippen LogP contribution in [0.25, 0.3) is 11.1 Å². The van der Waals surface area contributed by atoms with Gasteiger partial charge in [0.05, 0.1) is 24.9 Å². The van der Waals surface area contributed by atoms with Gasteiger partial charge in [0.25, 0.3) is 0 Å². The largest absolute Gasteiger partial charge is 0.392 e. The molecule has 2 heterocycles. The highest BCUT2D eigenvalue weighted by molar-refractivity contribution is 5.78. The van der Waals surface area contributed by atoms with E-state index in [9.17, 15) is 19.8 Å². The number of nitrogens with one attached hydrogen (secondary N) is 2. The molecule has 5 N–H and O–H groups in total. The maximum Gasteiger partial charge on any atom is 0.243 e. The summed E-state index contributed by atoms with van der Waals surface area (Å²) in [5.41, 5.74) is 7.28. The van der Waals surface area contributed by atoms with Gasteiger partial charge in [-0.3, -0.25) is 19.7 Å². The Morgan fingerprint density at radius 3 is 2.36 bits per heavy atom. The highest BCUT2D eigenvalue weighted by Crippen LogP contribution is 2.39. The molecule has 3 aromatic carbocycles. The van der Waals surface area contributed by atoms with Crippen molar-refractivity contribution in [2.75, 3.05) is 19.6 Å². The molecule has 5 rings (SSSR count). The third-order valence-electron chi connectivity index (χ3n) is 8.17. The third kappa shape index (κ3) is 8.72. The summed E-state index contributed by atoms with van der Waals surface area (Å²) in [4.78, 5) is 25.6. The number of aliphatic hydroxyl groups excluding tert-OH is 2. The van der Waals surface area contributed by atoms with E-state index in [1.54, 1.807) is 5.48 Å². The lowest BCUT2D eigenvalue weighted by atomic mass is 9.98. The first-order valence-corrected chi connectivity index (χ1v) is 15.2. The maximum atomic E-state index is 12.2. The number of carbonyl (C=O) groups excluding carboxylic acids is 2. The van der Waals surface area contributed by atoms with Crippen LogP contribution in [0.4, 0.5) is 0 Å². The molecule has 44 heavy (non-hydrogen) atoms. The van der Waals surface area contributed by atoms with Crippen LogP contribution in [0.5, 0.6) is 0 Å². The van der Waals surface area contributed by atoms with E-state index in [4.69, 9.17) is 14.7 Å². The molecule has 234 valence electrons. The Morgan fingerprint density at radius 1 is 0.886 bits per heavy atom. The number of carbonyl (C=O) groups is 2. The first-order valence-electron chi connectivity index (χ1n) is 15.2. The van der Waals surface area contributed by atoms with Crippen LogP contribution in [0.3, 0.4) is 0 Å². The highest BCUT2D eigenvalue weighted by Gasteiger charge is 2.34. The number of nitrogens with zero attached hydrogens (tertiary/aromatic N) is 1. The van der Waals surface area contributed by atoms with Gasteiger partial charge >= 0.3 is 0 Å². The second-order valence-electron chi connectivity index (χ2n) is 11.5. The summed E-state index contributed by atoms with van der Waals surface area (Å²) in [5.74, 6) is -0.667. The predicted molar refractivity (Wildman–Crippen MR) is 163 cm³/mol. The van der Waals surface area contributed by atoms with Gasteiger partial charge in [-0.25, -0.2) is 5.48 Å². The number of rotatable bonds is 12. The minimum atomic E-state index is -0.584. The standard InChI is InChI=1S/C34H41N3O7/c38-22-23-10-12-25(13-11-23)31-18-30(21-37-15-14-29(39)20-37)43-34(44-31)28-7-2-6-27(17-28)26-5-1-4-24(16-26)19-35-32(40)8-3-9-33(41)36-42/h1-2,4-7,10-13,16-17,29-31,34,38-39,42H,3,8-9,14-15,18-22H2,(H,35,40)(H,36,41). The lowest BCUT2D eigenvalue weighted by Crippen LogP contribution is -2.38. The SMILES string of the molecule is O=C(CCCC(=O)NCc1cccc(-c2cccc(C3OC(CN4CCC(O)C4)CC(c4ccc(CO)cc4)O3)c2)c1)NO. The monoisotopic (exact) mass is 603 g/mol. The van der Waals surface area contributed by atoms with Crippen LogP contribution in [0.15, 0.2) is 72.8 Å². The van der Waals surface area contributed by atoms with Crippen LogP contribution >= 0.6 is 0 Å². The number of hydroxylamine groups is 1. The number of amides is 2. The minimum Gasteiger partial charge on any atom is -0.392 e. The van der Waals surface area contributed by atoms with Crippen molar-refractivity contribution in [3.8, 4) is 11.1 Å². The van der Waals surface area contributed by atoms with E-state index in [1.807, 2.05) is 66.7 Å². The summed E-state index contributed by atoms with van der Waals surface area (Å²) < 4.78 is 13.1. The molecule has 0 aromatic heterocycles. The van der Waals surface area contributed by atoms with E-state index < -0.39 is 12.2 Å². The molecule has 10 heteroatoms. The fourth-order valence-corrected chi connectivity index (χ4v) is 5.78. The average molecular weight is 604 g/mol. The quantitative estimate of drug-likeness (QED) is 0.156. The fourth-order valence-electron chi connectivity index (χ4n) is 5.78. The highest BCUT2D eigenvalue weighted by atomic mass is 16.7. The van der Waals surface area contributed by atoms with Crippen molar-refractivity contribution >= 4 is 11.8 Å². The van der Waals surface area contributed by atoms with Crippen molar-refractivity contribution in [2.24, 2.45) is 0 Å². The zero-order chi connectivity index (χ0) is 30.9. The summed E-state index contributed by atoms with van der Waals surface area (Å²) in [6.07, 6.45) is 0.934. The van der Waals surface area contributed by atoms with Crippen LogP contribution in [0.2, 0.25) is 0 Å². The van der Waals surface area contributed by atoms with E-state index in [-0.39, 0.29) is 43.7 Å². The van der Waals surface area contributed by atoms with E-state index in [2.05, 4.69) is 16.3 Å². The Kier molecular flexibility index (Phi) is 11.1. The molecule has 10 nitrogen and oxygen atoms in total. The molecule has 4 atom stereocenters. The van der Waals surface area contributed by atoms with Gasteiger partial charge in [-0.1, -0.05) is 60.7 Å². The van der Waals surface area contributed by atoms with E-state index in [1.165, 1.54) is 0 Å². The molecule has 0 saturated carbocycles. The van der Waals surface area contributed by atoms with Crippen LogP contribution in [-0.2, 0) is 32.2 Å². The summed E-state index contributed by atoms with van der Waals surface area (Å²) in [6.45, 7) is 2.55. The van der Waals surface area contributed by atoms with Crippen molar-refractivity contribution in [1.29, 1.82) is 0 Å². The molecule has 0 bridgehead atoms. The van der Waals surface area contributed by atoms with Crippen molar-refractivity contribution in [1.82, 2.24) is 15.7 Å². The molecular weight excluding hydrogens is 562 g/mol. The van der Waals surface area contributed by atoms with Crippen LogP contribution in [-0.4, -0.2) is 64.0 Å². The van der Waals surface area contributed by atoms with Crippen LogP contribution in [0.1, 0.15) is 66.8 Å². The summed E-state index contributed by atoms with van der Waals surface area (Å²) in [5, 5.41) is 31.0. The van der Waals surface area contributed by atoms with Gasteiger partial charge in [-0.15, -0.1) is 0 Å². The van der Waals surface area contributed by atoms with Crippen molar-refractivity contribution < 1.29 is 34.5 Å². The van der Waals surface area contributed by atoms with Gasteiger partial charge in [-0.2, -0.15) is 0 Å². The molecule has 2 fully saturated rings. The molecule has 2 amide bonds. The average Bonchev–Trinajstić information content (AvgIpc) is 3.47. The molecule has 3 aromatic rings. The molecular formula is C34H41N3O7. The second kappa shape index (κ2) is 15.4. The van der Waals surface area contributed by atoms with E-state index >= 15 is 0 Å². The number of aliphatic hydroxyl groups is 2. The lowest BCUT2D eigenvalue weighted by molar-refractivity contribution is -0.252. The molecule has 2 saturated heterocycles. The number of hydrogen-bond donors (Lipinski definition) is 5. The van der Waals surface area contributed by atoms with E-state index in [0.717, 1.165) is 46.3 Å². The Morgan fingerprint density at radius 2 is 1.64 bits per heavy atom. The maximum absolute atomic E-state index is 12.2. The number of likely N-dealkylation sites (tertiary alicyclic amines) is 1. The number of hydrogen-bond acceptors (Lipinski definition) is 8. The molecule has 0 spiro atoms. The van der Waals surface area contributed by atoms with Crippen LogP contribution in [0, 0.1) is 0 Å². The normalized spacial score (nSPS) is 22.1. The van der Waals surface area contributed by atoms with Gasteiger partial charge in [0.1, 0.15) is 0 Å². The van der Waals surface area contributed by atoms with Gasteiger partial charge in [0.15, 0.2) is 6.29 Å². The number of β-amino-alcohol motifs (C(OH)–C–C–N with tert-alkyl or cyclic N) is 1. The lowest BCUT2D eigenvalue weighted by Gasteiger charge is -2.38. The second-order valence-corrected chi connectivity index (χ2v) is 11.5. The first kappa shape index (κ1) is 31.8. The topological polar surface area (TPSA) is 141 Å². The van der Waals surface area contributed by atoms with Crippen molar-refractivity contribution in [3.63, 3.8) is 0 Å². The molecule has 0 aliphatic carbocycles. The first-order chi connectivity index (χ1) is 21.4. The zero-order valence-electron chi connectivity index (χ0n) is 24.7. The summed E-state index contributed by atoms with van der Waals surface area (Å²) in [7, 11) is 0. The van der Waals surface area contributed by atoms with Gasteiger partial charge in [0.2, 0.25) is 11.8 Å². The minimum absolute atomic E-state index is 0.0106. The third-order valence-corrected chi connectivity index (χ3v) is 8.17. The van der Waals surface area contributed by atoms with E-state index in [0.29, 0.717) is 32.5 Å². The van der Waals surface area contributed by atoms with Gasteiger partial charge < -0.3 is 25.0 Å². The Hall–Kier alpha value is -3.64. The number of benzene rings is 3. The smallest absolute Gasteiger partial charge is 0.243 e. The predicted octanol–water partition coefficient (Wildman–Crippen LogP) is 3.75. The van der Waals surface area contributed by atoms with Crippen LogP contribution < -0.4 is 10.8 Å². The van der Waals surface area contributed by atoms with Gasteiger partial charge in [-0.05, 0) is 52.8 Å². The van der Waals surface area contributed by atoms with Gasteiger partial charge in [0, 0.05) is 51.0 Å². The Bertz CT molecular complexity index is 1400. The summed E-state index contributed by atoms with van der Waals surface area (Å²) in [6, 6.07) is 23.9. The number of ether oxygens (including phenoxy) is 2. The molecule has 2 aliphatic rings. The van der Waals surface area contributed by atoms with Crippen molar-refractivity contribution in [3.05, 3.63) is 95.1 Å². The van der Waals surface area contributed by atoms with Crippen molar-refractivity contribution in [2.45, 2.75) is 69.9 Å². The summed E-state index contributed by atoms with van der Waals surface area (Å²) >= 11 is 0.